The van der Waals surface area contributed by atoms with Crippen molar-refractivity contribution in [3.8, 4) is 5.69 Å². The maximum Gasteiger partial charge on any atom is 0.297 e. The molecule has 0 aliphatic carbocycles. The van der Waals surface area contributed by atoms with Crippen molar-refractivity contribution in [3.05, 3.63) is 104 Å². The SMILES string of the molecule is Cc1ccc(S(=O)(=O)Nc2ccc(Br)cc2C=Nc2c(C)n(C)n(-c3ccccc3)c2=O)cc1. The molecule has 0 radical (unpaired) electrons. The Bertz CT molecular complexity index is 1540. The van der Waals surface area contributed by atoms with Crippen LogP contribution in [0.1, 0.15) is 16.8 Å². The van der Waals surface area contributed by atoms with Crippen molar-refractivity contribution in [2.75, 3.05) is 4.72 Å². The number of sulfonamides is 1. The number of hydrogen-bond acceptors (Lipinski definition) is 4. The number of nitrogens with zero attached hydrogens (tertiary/aromatic N) is 3. The second-order valence-corrected chi connectivity index (χ2v) is 10.4. The monoisotopic (exact) mass is 538 g/mol. The van der Waals surface area contributed by atoms with Crippen molar-refractivity contribution in [2.24, 2.45) is 12.0 Å². The van der Waals surface area contributed by atoms with Crippen LogP contribution in [0.25, 0.3) is 5.69 Å². The van der Waals surface area contributed by atoms with E-state index in [4.69, 9.17) is 0 Å². The van der Waals surface area contributed by atoms with Crippen molar-refractivity contribution in [1.29, 1.82) is 0 Å². The molecule has 0 saturated carbocycles. The van der Waals surface area contributed by atoms with Gasteiger partial charge in [0.2, 0.25) is 0 Å². The summed E-state index contributed by atoms with van der Waals surface area (Å²) < 4.78 is 32.5. The summed E-state index contributed by atoms with van der Waals surface area (Å²) >= 11 is 3.42. The zero-order valence-electron chi connectivity index (χ0n) is 18.9. The number of aromatic nitrogens is 2. The summed E-state index contributed by atoms with van der Waals surface area (Å²) in [6.07, 6.45) is 1.50. The van der Waals surface area contributed by atoms with E-state index in [1.165, 1.54) is 6.21 Å². The van der Waals surface area contributed by atoms with Crippen molar-refractivity contribution < 1.29 is 8.42 Å². The molecule has 34 heavy (non-hydrogen) atoms. The Balaban J connectivity index is 1.72. The summed E-state index contributed by atoms with van der Waals surface area (Å²) in [5.41, 5.74) is 3.26. The Morgan fingerprint density at radius 3 is 2.32 bits per heavy atom. The molecule has 0 aliphatic heterocycles. The van der Waals surface area contributed by atoms with Gasteiger partial charge >= 0.3 is 0 Å². The van der Waals surface area contributed by atoms with E-state index in [-0.39, 0.29) is 16.1 Å². The lowest BCUT2D eigenvalue weighted by molar-refractivity contribution is 0.601. The molecule has 0 unspecified atom stereocenters. The number of benzene rings is 3. The number of hydrogen-bond donors (Lipinski definition) is 1. The highest BCUT2D eigenvalue weighted by Crippen LogP contribution is 2.24. The molecule has 9 heteroatoms. The Kier molecular flexibility index (Phi) is 6.58. The Labute approximate surface area is 206 Å². The molecule has 3 aromatic carbocycles. The minimum Gasteiger partial charge on any atom is -0.283 e. The zero-order valence-corrected chi connectivity index (χ0v) is 21.3. The summed E-state index contributed by atoms with van der Waals surface area (Å²) in [4.78, 5) is 17.8. The molecule has 1 N–H and O–H groups in total. The smallest absolute Gasteiger partial charge is 0.283 e. The molecule has 0 atom stereocenters. The summed E-state index contributed by atoms with van der Waals surface area (Å²) in [5.74, 6) is 0. The fourth-order valence-electron chi connectivity index (χ4n) is 3.49. The summed E-state index contributed by atoms with van der Waals surface area (Å²) in [7, 11) is -2.01. The van der Waals surface area contributed by atoms with Crippen LogP contribution < -0.4 is 10.3 Å². The highest BCUT2D eigenvalue weighted by molar-refractivity contribution is 9.10. The van der Waals surface area contributed by atoms with E-state index < -0.39 is 10.0 Å². The van der Waals surface area contributed by atoms with E-state index in [1.807, 2.05) is 44.2 Å². The van der Waals surface area contributed by atoms with E-state index in [9.17, 15) is 13.2 Å². The van der Waals surface area contributed by atoms with Crippen LogP contribution in [0.5, 0.6) is 0 Å². The molecule has 0 saturated heterocycles. The van der Waals surface area contributed by atoms with Crippen LogP contribution in [-0.2, 0) is 17.1 Å². The average molecular weight is 539 g/mol. The van der Waals surface area contributed by atoms with E-state index in [1.54, 1.807) is 58.9 Å². The molecular formula is C25H23BrN4O3S. The van der Waals surface area contributed by atoms with Gasteiger partial charge in [0.1, 0.15) is 0 Å². The van der Waals surface area contributed by atoms with E-state index in [2.05, 4.69) is 25.6 Å². The van der Waals surface area contributed by atoms with Crippen LogP contribution in [0, 0.1) is 13.8 Å². The van der Waals surface area contributed by atoms with Crippen molar-refractivity contribution >= 4 is 43.5 Å². The van der Waals surface area contributed by atoms with Crippen LogP contribution in [0.15, 0.2) is 92.0 Å². The highest BCUT2D eigenvalue weighted by Gasteiger charge is 2.17. The van der Waals surface area contributed by atoms with Gasteiger partial charge in [-0.05, 0) is 56.3 Å². The van der Waals surface area contributed by atoms with Crippen LogP contribution in [0.4, 0.5) is 11.4 Å². The minimum absolute atomic E-state index is 0.161. The average Bonchev–Trinajstić information content (AvgIpc) is 3.02. The van der Waals surface area contributed by atoms with Crippen molar-refractivity contribution in [1.82, 2.24) is 9.36 Å². The molecule has 0 spiro atoms. The number of aliphatic imine (C=N–C) groups is 1. The van der Waals surface area contributed by atoms with Crippen LogP contribution in [0.2, 0.25) is 0 Å². The largest absolute Gasteiger partial charge is 0.297 e. The minimum atomic E-state index is -3.80. The molecular weight excluding hydrogens is 516 g/mol. The summed E-state index contributed by atoms with van der Waals surface area (Å²) in [6, 6.07) is 21.0. The van der Waals surface area contributed by atoms with Gasteiger partial charge in [-0.15, -0.1) is 0 Å². The number of rotatable bonds is 6. The first-order valence-electron chi connectivity index (χ1n) is 10.4. The van der Waals surface area contributed by atoms with Crippen molar-refractivity contribution in [3.63, 3.8) is 0 Å². The normalized spacial score (nSPS) is 11.8. The third-order valence-corrected chi connectivity index (χ3v) is 7.32. The molecule has 1 heterocycles. The fourth-order valence-corrected chi connectivity index (χ4v) is 4.96. The molecule has 0 aliphatic rings. The van der Waals surface area contributed by atoms with Crippen LogP contribution >= 0.6 is 15.9 Å². The van der Waals surface area contributed by atoms with Gasteiger partial charge in [-0.1, -0.05) is 51.8 Å². The first-order valence-corrected chi connectivity index (χ1v) is 12.7. The lowest BCUT2D eigenvalue weighted by atomic mass is 10.2. The van der Waals surface area contributed by atoms with Gasteiger partial charge < -0.3 is 0 Å². The number of halogens is 1. The van der Waals surface area contributed by atoms with Gasteiger partial charge in [-0.2, -0.15) is 0 Å². The van der Waals surface area contributed by atoms with Gasteiger partial charge in [0, 0.05) is 23.3 Å². The molecule has 4 rings (SSSR count). The number of anilines is 1. The molecule has 4 aromatic rings. The second-order valence-electron chi connectivity index (χ2n) is 7.82. The third-order valence-electron chi connectivity index (χ3n) is 5.45. The second kappa shape index (κ2) is 9.44. The molecule has 1 aromatic heterocycles. The summed E-state index contributed by atoms with van der Waals surface area (Å²) in [5, 5.41) is 0. The molecule has 7 nitrogen and oxygen atoms in total. The Morgan fingerprint density at radius 1 is 0.971 bits per heavy atom. The lowest BCUT2D eigenvalue weighted by Crippen LogP contribution is -2.19. The predicted octanol–water partition coefficient (Wildman–Crippen LogP) is 5.11. The number of aryl methyl sites for hydroxylation is 1. The number of nitrogens with one attached hydrogen (secondary N) is 1. The topological polar surface area (TPSA) is 85.5 Å². The van der Waals surface area contributed by atoms with Gasteiger partial charge in [0.25, 0.3) is 15.6 Å². The van der Waals surface area contributed by atoms with E-state index in [0.29, 0.717) is 16.9 Å². The molecule has 0 fully saturated rings. The Hall–Kier alpha value is -3.43. The maximum absolute atomic E-state index is 13.1. The molecule has 0 bridgehead atoms. The fraction of sp³-hybridized carbons (Fsp3) is 0.120. The Morgan fingerprint density at radius 2 is 1.65 bits per heavy atom. The van der Waals surface area contributed by atoms with E-state index in [0.717, 1.165) is 15.7 Å². The van der Waals surface area contributed by atoms with Gasteiger partial charge in [-0.3, -0.25) is 14.2 Å². The van der Waals surface area contributed by atoms with Crippen LogP contribution in [0.3, 0.4) is 0 Å². The summed E-state index contributed by atoms with van der Waals surface area (Å²) in [6.45, 7) is 3.71. The predicted molar refractivity (Wildman–Crippen MR) is 139 cm³/mol. The maximum atomic E-state index is 13.1. The molecule has 174 valence electrons. The quantitative estimate of drug-likeness (QED) is 0.346. The van der Waals surface area contributed by atoms with Crippen molar-refractivity contribution in [2.45, 2.75) is 18.7 Å². The zero-order chi connectivity index (χ0) is 24.5. The standard InChI is InChI=1S/C25H23BrN4O3S/c1-17-9-12-22(13-10-17)34(32,33)28-23-14-11-20(26)15-19(23)16-27-24-18(2)29(3)30(25(24)31)21-7-5-4-6-8-21/h4-16,28H,1-3H3. The lowest BCUT2D eigenvalue weighted by Gasteiger charge is -2.11. The van der Waals surface area contributed by atoms with Gasteiger partial charge in [0.15, 0.2) is 5.69 Å². The van der Waals surface area contributed by atoms with Crippen LogP contribution in [-0.4, -0.2) is 24.0 Å². The first kappa shape index (κ1) is 23.7. The van der Waals surface area contributed by atoms with Gasteiger partial charge in [-0.25, -0.2) is 18.1 Å². The first-order chi connectivity index (χ1) is 16.2. The molecule has 0 amide bonds. The number of para-hydroxylation sites is 1. The van der Waals surface area contributed by atoms with E-state index >= 15 is 0 Å². The van der Waals surface area contributed by atoms with Gasteiger partial charge in [0.05, 0.1) is 22.0 Å². The third kappa shape index (κ3) is 4.76. The highest BCUT2D eigenvalue weighted by atomic mass is 79.9.